The topological polar surface area (TPSA) is 55.0 Å². The maximum atomic E-state index is 11.6. The number of benzene rings is 1. The number of nitrogens with zero attached hydrogens (tertiary/aromatic N) is 1. The molecule has 0 fully saturated rings. The van der Waals surface area contributed by atoms with E-state index in [2.05, 4.69) is 16.9 Å². The van der Waals surface area contributed by atoms with Crippen LogP contribution in [-0.4, -0.2) is 17.1 Å². The lowest BCUT2D eigenvalue weighted by Crippen LogP contribution is -2.13. The van der Waals surface area contributed by atoms with Gasteiger partial charge in [-0.05, 0) is 24.1 Å². The number of aromatic amines is 1. The Labute approximate surface area is 112 Å². The van der Waals surface area contributed by atoms with Crippen LogP contribution in [0.15, 0.2) is 35.1 Å². The van der Waals surface area contributed by atoms with Crippen molar-refractivity contribution in [2.24, 2.45) is 0 Å². The Morgan fingerprint density at radius 3 is 2.89 bits per heavy atom. The maximum Gasteiger partial charge on any atom is 0.251 e. The van der Waals surface area contributed by atoms with Crippen LogP contribution in [0.1, 0.15) is 30.4 Å². The van der Waals surface area contributed by atoms with Gasteiger partial charge in [0, 0.05) is 18.2 Å². The number of methoxy groups -OCH3 is 1. The summed E-state index contributed by atoms with van der Waals surface area (Å²) in [5, 5.41) is 0. The lowest BCUT2D eigenvalue weighted by Gasteiger charge is -2.05. The van der Waals surface area contributed by atoms with Crippen LogP contribution in [0, 0.1) is 0 Å². The Bertz CT molecular complexity index is 605. The molecule has 2 rings (SSSR count). The third-order valence-electron chi connectivity index (χ3n) is 2.86. The number of ether oxygens (including phenoxy) is 1. The van der Waals surface area contributed by atoms with E-state index in [0.717, 1.165) is 29.8 Å². The van der Waals surface area contributed by atoms with Gasteiger partial charge in [0.05, 0.1) is 7.11 Å². The van der Waals surface area contributed by atoms with Gasteiger partial charge >= 0.3 is 0 Å². The lowest BCUT2D eigenvalue weighted by atomic mass is 10.1. The zero-order valence-electron chi connectivity index (χ0n) is 11.3. The molecule has 0 amide bonds. The highest BCUT2D eigenvalue weighted by molar-refractivity contribution is 5.30. The maximum absolute atomic E-state index is 11.6. The number of aryl methyl sites for hydroxylation is 1. The van der Waals surface area contributed by atoms with E-state index >= 15 is 0 Å². The summed E-state index contributed by atoms with van der Waals surface area (Å²) >= 11 is 0. The average molecular weight is 258 g/mol. The normalized spacial score (nSPS) is 10.4. The molecule has 0 saturated carbocycles. The second-order valence-electron chi connectivity index (χ2n) is 4.46. The zero-order chi connectivity index (χ0) is 13.7. The molecule has 1 N–H and O–H groups in total. The van der Waals surface area contributed by atoms with Crippen molar-refractivity contribution in [3.05, 3.63) is 57.8 Å². The number of hydrogen-bond acceptors (Lipinski definition) is 3. The molecule has 1 aromatic heterocycles. The highest BCUT2D eigenvalue weighted by atomic mass is 16.5. The van der Waals surface area contributed by atoms with Gasteiger partial charge in [-0.25, -0.2) is 4.98 Å². The number of aromatic nitrogens is 2. The molecule has 19 heavy (non-hydrogen) atoms. The minimum atomic E-state index is -0.0867. The second kappa shape index (κ2) is 6.18. The van der Waals surface area contributed by atoms with Crippen LogP contribution in [0.25, 0.3) is 0 Å². The van der Waals surface area contributed by atoms with E-state index in [0.29, 0.717) is 12.2 Å². The molecule has 0 radical (unpaired) electrons. The fourth-order valence-electron chi connectivity index (χ4n) is 2.01. The molecule has 0 saturated heterocycles. The van der Waals surface area contributed by atoms with Crippen LogP contribution in [-0.2, 0) is 12.8 Å². The number of hydrogen-bond donors (Lipinski definition) is 1. The van der Waals surface area contributed by atoms with Crippen LogP contribution in [0.2, 0.25) is 0 Å². The van der Waals surface area contributed by atoms with Gasteiger partial charge in [0.15, 0.2) is 0 Å². The zero-order valence-corrected chi connectivity index (χ0v) is 11.3. The van der Waals surface area contributed by atoms with Crippen molar-refractivity contribution >= 4 is 0 Å². The Kier molecular flexibility index (Phi) is 4.34. The molecule has 2 aromatic rings. The lowest BCUT2D eigenvalue weighted by molar-refractivity contribution is 0.414. The molecule has 4 nitrogen and oxygen atoms in total. The van der Waals surface area contributed by atoms with Gasteiger partial charge in [0.1, 0.15) is 11.6 Å². The highest BCUT2D eigenvalue weighted by Crippen LogP contribution is 2.14. The molecule has 0 aliphatic rings. The summed E-state index contributed by atoms with van der Waals surface area (Å²) < 4.78 is 5.19. The Morgan fingerprint density at radius 1 is 1.32 bits per heavy atom. The Hall–Kier alpha value is -2.10. The van der Waals surface area contributed by atoms with Crippen molar-refractivity contribution in [3.8, 4) is 5.75 Å². The van der Waals surface area contributed by atoms with Crippen LogP contribution in [0.3, 0.4) is 0 Å². The summed E-state index contributed by atoms with van der Waals surface area (Å²) in [6.07, 6.45) is 2.41. The van der Waals surface area contributed by atoms with E-state index < -0.39 is 0 Å². The van der Waals surface area contributed by atoms with E-state index in [4.69, 9.17) is 4.74 Å². The number of H-pyrrole nitrogens is 1. The van der Waals surface area contributed by atoms with Crippen LogP contribution in [0.4, 0.5) is 0 Å². The molecule has 100 valence electrons. The summed E-state index contributed by atoms with van der Waals surface area (Å²) in [4.78, 5) is 18.8. The van der Waals surface area contributed by atoms with E-state index in [1.807, 2.05) is 24.3 Å². The summed E-state index contributed by atoms with van der Waals surface area (Å²) in [5.41, 5.74) is 1.83. The van der Waals surface area contributed by atoms with Crippen LogP contribution in [0.5, 0.6) is 5.75 Å². The van der Waals surface area contributed by atoms with E-state index in [-0.39, 0.29) is 5.56 Å². The summed E-state index contributed by atoms with van der Waals surface area (Å²) in [6.45, 7) is 2.07. The molecule has 0 unspecified atom stereocenters. The smallest absolute Gasteiger partial charge is 0.251 e. The first-order valence-electron chi connectivity index (χ1n) is 6.43. The Balaban J connectivity index is 2.24. The van der Waals surface area contributed by atoms with Crippen LogP contribution < -0.4 is 10.3 Å². The first-order valence-corrected chi connectivity index (χ1v) is 6.43. The molecule has 0 aliphatic carbocycles. The van der Waals surface area contributed by atoms with Crippen molar-refractivity contribution in [1.29, 1.82) is 0 Å². The first-order chi connectivity index (χ1) is 9.21. The van der Waals surface area contributed by atoms with E-state index in [1.165, 1.54) is 0 Å². The molecule has 1 aromatic carbocycles. The molecule has 0 spiro atoms. The summed E-state index contributed by atoms with van der Waals surface area (Å²) in [6, 6.07) is 9.34. The monoisotopic (exact) mass is 258 g/mol. The van der Waals surface area contributed by atoms with Gasteiger partial charge in [-0.2, -0.15) is 0 Å². The first kappa shape index (κ1) is 13.3. The fourth-order valence-corrected chi connectivity index (χ4v) is 2.01. The molecule has 0 aliphatic heterocycles. The highest BCUT2D eigenvalue weighted by Gasteiger charge is 2.03. The second-order valence-corrected chi connectivity index (χ2v) is 4.46. The van der Waals surface area contributed by atoms with E-state index in [1.54, 1.807) is 13.2 Å². The SMILES string of the molecule is CCCc1cc(=O)[nH]c(Cc2cccc(OC)c2)n1. The van der Waals surface area contributed by atoms with Crippen molar-refractivity contribution in [3.63, 3.8) is 0 Å². The predicted molar refractivity (Wildman–Crippen MR) is 74.7 cm³/mol. The minimum Gasteiger partial charge on any atom is -0.497 e. The average Bonchev–Trinajstić information content (AvgIpc) is 2.38. The van der Waals surface area contributed by atoms with Gasteiger partial charge < -0.3 is 9.72 Å². The van der Waals surface area contributed by atoms with Gasteiger partial charge in [-0.3, -0.25) is 4.79 Å². The van der Waals surface area contributed by atoms with Gasteiger partial charge in [0.2, 0.25) is 0 Å². The molecular formula is C15H18N2O2. The molecule has 0 bridgehead atoms. The fraction of sp³-hybridized carbons (Fsp3) is 0.333. The van der Waals surface area contributed by atoms with Crippen LogP contribution >= 0.6 is 0 Å². The number of nitrogens with one attached hydrogen (secondary N) is 1. The molecule has 4 heteroatoms. The van der Waals surface area contributed by atoms with Crippen molar-refractivity contribution in [2.75, 3.05) is 7.11 Å². The largest absolute Gasteiger partial charge is 0.497 e. The van der Waals surface area contributed by atoms with Gasteiger partial charge in [0.25, 0.3) is 5.56 Å². The van der Waals surface area contributed by atoms with Gasteiger partial charge in [-0.15, -0.1) is 0 Å². The quantitative estimate of drug-likeness (QED) is 0.895. The van der Waals surface area contributed by atoms with Crippen molar-refractivity contribution in [2.45, 2.75) is 26.2 Å². The molecule has 1 heterocycles. The molecule has 0 atom stereocenters. The minimum absolute atomic E-state index is 0.0867. The Morgan fingerprint density at radius 2 is 2.16 bits per heavy atom. The van der Waals surface area contributed by atoms with Crippen molar-refractivity contribution < 1.29 is 4.74 Å². The van der Waals surface area contributed by atoms with Gasteiger partial charge in [-0.1, -0.05) is 25.5 Å². The van der Waals surface area contributed by atoms with E-state index in [9.17, 15) is 4.79 Å². The standard InChI is InChI=1S/C15H18N2O2/c1-3-5-12-10-15(18)17-14(16-12)9-11-6-4-7-13(8-11)19-2/h4,6-8,10H,3,5,9H2,1-2H3,(H,16,17,18). The summed E-state index contributed by atoms with van der Waals surface area (Å²) in [7, 11) is 1.64. The third kappa shape index (κ3) is 3.68. The van der Waals surface area contributed by atoms with Crippen molar-refractivity contribution in [1.82, 2.24) is 9.97 Å². The third-order valence-corrected chi connectivity index (χ3v) is 2.86. The molecular weight excluding hydrogens is 240 g/mol. The predicted octanol–water partition coefficient (Wildman–Crippen LogP) is 2.32. The summed E-state index contributed by atoms with van der Waals surface area (Å²) in [5.74, 6) is 1.51. The number of rotatable bonds is 5.